The lowest BCUT2D eigenvalue weighted by molar-refractivity contribution is -0.120. The Kier molecular flexibility index (Phi) is 7.88. The fourth-order valence-electron chi connectivity index (χ4n) is 2.48. The SMILES string of the molecule is CNCCCNC(=O)Cc1c(C)nn(-c2ccc(F)cc2)c1C.Cl. The largest absolute Gasteiger partial charge is 0.356 e. The predicted molar refractivity (Wildman–Crippen MR) is 95.5 cm³/mol. The van der Waals surface area contributed by atoms with Crippen molar-refractivity contribution in [2.75, 3.05) is 20.1 Å². The van der Waals surface area contributed by atoms with Gasteiger partial charge in [-0.2, -0.15) is 5.10 Å². The van der Waals surface area contributed by atoms with E-state index < -0.39 is 0 Å². The second kappa shape index (κ2) is 9.39. The van der Waals surface area contributed by atoms with Gasteiger partial charge in [0.05, 0.1) is 17.8 Å². The molecule has 0 saturated carbocycles. The molecule has 5 nitrogen and oxygen atoms in total. The number of carbonyl (C=O) groups excluding carboxylic acids is 1. The lowest BCUT2D eigenvalue weighted by atomic mass is 10.1. The summed E-state index contributed by atoms with van der Waals surface area (Å²) in [7, 11) is 1.89. The maximum atomic E-state index is 13.0. The van der Waals surface area contributed by atoms with E-state index in [1.807, 2.05) is 20.9 Å². The monoisotopic (exact) mass is 354 g/mol. The minimum absolute atomic E-state index is 0. The summed E-state index contributed by atoms with van der Waals surface area (Å²) in [6.07, 6.45) is 1.20. The zero-order valence-electron chi connectivity index (χ0n) is 14.2. The molecular formula is C17H24ClFN4O. The Morgan fingerprint density at radius 1 is 1.21 bits per heavy atom. The number of hydrogen-bond donors (Lipinski definition) is 2. The molecule has 132 valence electrons. The normalized spacial score (nSPS) is 10.3. The van der Waals surface area contributed by atoms with Gasteiger partial charge in [-0.15, -0.1) is 12.4 Å². The Hall–Kier alpha value is -1.92. The molecule has 1 amide bonds. The number of rotatable bonds is 7. The first-order valence-corrected chi connectivity index (χ1v) is 7.75. The van der Waals surface area contributed by atoms with E-state index >= 15 is 0 Å². The molecule has 1 heterocycles. The number of aromatic nitrogens is 2. The van der Waals surface area contributed by atoms with Crippen molar-refractivity contribution in [2.24, 2.45) is 0 Å². The molecule has 2 aromatic rings. The number of nitrogens with zero attached hydrogens (tertiary/aromatic N) is 2. The summed E-state index contributed by atoms with van der Waals surface area (Å²) in [4.78, 5) is 12.1. The number of halogens is 2. The van der Waals surface area contributed by atoms with Gasteiger partial charge in [0.15, 0.2) is 0 Å². The third-order valence-corrected chi connectivity index (χ3v) is 3.78. The van der Waals surface area contributed by atoms with Gasteiger partial charge in [-0.3, -0.25) is 4.79 Å². The number of benzene rings is 1. The molecule has 0 radical (unpaired) electrons. The van der Waals surface area contributed by atoms with Crippen LogP contribution in [0.4, 0.5) is 4.39 Å². The van der Waals surface area contributed by atoms with Crippen molar-refractivity contribution < 1.29 is 9.18 Å². The molecule has 2 rings (SSSR count). The minimum Gasteiger partial charge on any atom is -0.356 e. The third kappa shape index (κ3) is 5.04. The summed E-state index contributed by atoms with van der Waals surface area (Å²) in [5.41, 5.74) is 3.42. The Bertz CT molecular complexity index is 670. The fourth-order valence-corrected chi connectivity index (χ4v) is 2.48. The summed E-state index contributed by atoms with van der Waals surface area (Å²) in [5.74, 6) is -0.289. The topological polar surface area (TPSA) is 58.9 Å². The van der Waals surface area contributed by atoms with Crippen LogP contribution in [0.2, 0.25) is 0 Å². The Balaban J connectivity index is 0.00000288. The molecule has 2 N–H and O–H groups in total. The average molecular weight is 355 g/mol. The number of amides is 1. The maximum absolute atomic E-state index is 13.0. The highest BCUT2D eigenvalue weighted by Crippen LogP contribution is 2.18. The number of hydrogen-bond acceptors (Lipinski definition) is 3. The van der Waals surface area contributed by atoms with Crippen LogP contribution in [0, 0.1) is 19.7 Å². The molecule has 1 aromatic heterocycles. The predicted octanol–water partition coefficient (Wildman–Crippen LogP) is 2.32. The number of nitrogens with one attached hydrogen (secondary N) is 2. The second-order valence-electron chi connectivity index (χ2n) is 5.52. The van der Waals surface area contributed by atoms with Crippen LogP contribution < -0.4 is 10.6 Å². The van der Waals surface area contributed by atoms with Crippen LogP contribution in [0.1, 0.15) is 23.4 Å². The first-order valence-electron chi connectivity index (χ1n) is 7.75. The van der Waals surface area contributed by atoms with E-state index in [0.29, 0.717) is 13.0 Å². The molecule has 0 atom stereocenters. The van der Waals surface area contributed by atoms with Crippen LogP contribution in [0.25, 0.3) is 5.69 Å². The fraction of sp³-hybridized carbons (Fsp3) is 0.412. The smallest absolute Gasteiger partial charge is 0.224 e. The van der Waals surface area contributed by atoms with E-state index in [2.05, 4.69) is 15.7 Å². The van der Waals surface area contributed by atoms with Crippen molar-refractivity contribution >= 4 is 18.3 Å². The summed E-state index contributed by atoms with van der Waals surface area (Å²) < 4.78 is 14.8. The third-order valence-electron chi connectivity index (χ3n) is 3.78. The Labute approximate surface area is 148 Å². The molecule has 0 fully saturated rings. The van der Waals surface area contributed by atoms with Crippen molar-refractivity contribution in [2.45, 2.75) is 26.7 Å². The minimum atomic E-state index is -0.281. The first-order chi connectivity index (χ1) is 11.0. The van der Waals surface area contributed by atoms with Crippen molar-refractivity contribution in [3.05, 3.63) is 47.0 Å². The van der Waals surface area contributed by atoms with E-state index in [0.717, 1.165) is 35.6 Å². The molecular weight excluding hydrogens is 331 g/mol. The van der Waals surface area contributed by atoms with Gasteiger partial charge in [-0.1, -0.05) is 0 Å². The summed E-state index contributed by atoms with van der Waals surface area (Å²) in [6.45, 7) is 5.34. The highest BCUT2D eigenvalue weighted by atomic mass is 35.5. The quantitative estimate of drug-likeness (QED) is 0.750. The molecule has 7 heteroatoms. The van der Waals surface area contributed by atoms with Crippen LogP contribution in [0.5, 0.6) is 0 Å². The van der Waals surface area contributed by atoms with Crippen LogP contribution in [-0.4, -0.2) is 35.8 Å². The molecule has 0 aliphatic carbocycles. The first kappa shape index (κ1) is 20.1. The number of aryl methyl sites for hydroxylation is 1. The van der Waals surface area contributed by atoms with Crippen LogP contribution in [0.3, 0.4) is 0 Å². The van der Waals surface area contributed by atoms with Crippen molar-refractivity contribution in [1.82, 2.24) is 20.4 Å². The van der Waals surface area contributed by atoms with Crippen molar-refractivity contribution in [3.8, 4) is 5.69 Å². The lowest BCUT2D eigenvalue weighted by Gasteiger charge is -2.07. The summed E-state index contributed by atoms with van der Waals surface area (Å²) in [5, 5.41) is 10.4. The molecule has 24 heavy (non-hydrogen) atoms. The lowest BCUT2D eigenvalue weighted by Crippen LogP contribution is -2.28. The molecule has 0 spiro atoms. The zero-order valence-corrected chi connectivity index (χ0v) is 15.0. The van der Waals surface area contributed by atoms with Gasteiger partial charge in [-0.25, -0.2) is 9.07 Å². The van der Waals surface area contributed by atoms with Gasteiger partial charge in [-0.05, 0) is 58.1 Å². The van der Waals surface area contributed by atoms with E-state index in [9.17, 15) is 9.18 Å². The summed E-state index contributed by atoms with van der Waals surface area (Å²) >= 11 is 0. The molecule has 0 bridgehead atoms. The van der Waals surface area contributed by atoms with Gasteiger partial charge in [0.1, 0.15) is 5.82 Å². The van der Waals surface area contributed by atoms with E-state index in [1.165, 1.54) is 12.1 Å². The van der Waals surface area contributed by atoms with Crippen molar-refractivity contribution in [3.63, 3.8) is 0 Å². The van der Waals surface area contributed by atoms with Gasteiger partial charge in [0.25, 0.3) is 0 Å². The molecule has 0 unspecified atom stereocenters. The highest BCUT2D eigenvalue weighted by molar-refractivity contribution is 5.85. The van der Waals surface area contributed by atoms with E-state index in [1.54, 1.807) is 16.8 Å². The average Bonchev–Trinajstić information content (AvgIpc) is 2.80. The van der Waals surface area contributed by atoms with Gasteiger partial charge < -0.3 is 10.6 Å². The van der Waals surface area contributed by atoms with Gasteiger partial charge in [0, 0.05) is 17.8 Å². The van der Waals surface area contributed by atoms with Crippen LogP contribution in [0.15, 0.2) is 24.3 Å². The van der Waals surface area contributed by atoms with Crippen LogP contribution >= 0.6 is 12.4 Å². The maximum Gasteiger partial charge on any atom is 0.224 e. The standard InChI is InChI=1S/C17H23FN4O.ClH/c1-12-16(11-17(23)20-10-4-9-19-3)13(2)22(21-12)15-7-5-14(18)6-8-15;/h5-8,19H,4,9-11H2,1-3H3,(H,20,23);1H. The highest BCUT2D eigenvalue weighted by Gasteiger charge is 2.15. The van der Waals surface area contributed by atoms with Crippen molar-refractivity contribution in [1.29, 1.82) is 0 Å². The van der Waals surface area contributed by atoms with Gasteiger partial charge >= 0.3 is 0 Å². The van der Waals surface area contributed by atoms with E-state index in [4.69, 9.17) is 0 Å². The Morgan fingerprint density at radius 3 is 2.50 bits per heavy atom. The molecule has 1 aromatic carbocycles. The van der Waals surface area contributed by atoms with Gasteiger partial charge in [0.2, 0.25) is 5.91 Å². The zero-order chi connectivity index (χ0) is 16.8. The summed E-state index contributed by atoms with van der Waals surface area (Å²) in [6, 6.07) is 6.16. The van der Waals surface area contributed by atoms with E-state index in [-0.39, 0.29) is 24.1 Å². The second-order valence-corrected chi connectivity index (χ2v) is 5.52. The molecule has 0 aliphatic rings. The molecule has 0 aliphatic heterocycles. The Morgan fingerprint density at radius 2 is 1.88 bits per heavy atom. The molecule has 0 saturated heterocycles. The van der Waals surface area contributed by atoms with Crippen LogP contribution in [-0.2, 0) is 11.2 Å². The number of carbonyl (C=O) groups is 1.